The van der Waals surface area contributed by atoms with Gasteiger partial charge in [0, 0.05) is 17.1 Å². The molecule has 2 aromatic carbocycles. The molecule has 1 heterocycles. The van der Waals surface area contributed by atoms with E-state index in [4.69, 9.17) is 11.6 Å². The van der Waals surface area contributed by atoms with E-state index >= 15 is 0 Å². The summed E-state index contributed by atoms with van der Waals surface area (Å²) in [5, 5.41) is 21.2. The summed E-state index contributed by atoms with van der Waals surface area (Å²) in [6, 6.07) is 12.0. The summed E-state index contributed by atoms with van der Waals surface area (Å²) in [4.78, 5) is 26.9. The number of aliphatic hydroxyl groups excluding tert-OH is 1. The van der Waals surface area contributed by atoms with Crippen LogP contribution in [-0.2, 0) is 9.59 Å². The molecule has 1 aliphatic rings. The van der Waals surface area contributed by atoms with Crippen LogP contribution < -0.4 is 0 Å². The van der Waals surface area contributed by atoms with E-state index in [-0.39, 0.29) is 23.0 Å². The third kappa shape index (κ3) is 3.69. The standard InChI is InChI=1S/C21H20ClNO4/c1-12(2)11-23-18(14-4-3-5-16(24)10-14)17(20(26)21(23)27)19(25)13-6-8-15(22)9-7-13/h3-10,12,18,24-25H,11H2,1-2H3/b19-17-. The second-order valence-corrected chi connectivity index (χ2v) is 7.38. The van der Waals surface area contributed by atoms with E-state index in [0.29, 0.717) is 22.7 Å². The third-order valence-electron chi connectivity index (χ3n) is 4.41. The highest BCUT2D eigenvalue weighted by Gasteiger charge is 2.46. The predicted molar refractivity (Wildman–Crippen MR) is 103 cm³/mol. The largest absolute Gasteiger partial charge is 0.508 e. The van der Waals surface area contributed by atoms with E-state index in [2.05, 4.69) is 0 Å². The lowest BCUT2D eigenvalue weighted by molar-refractivity contribution is -0.140. The Labute approximate surface area is 162 Å². The second kappa shape index (κ2) is 7.45. The smallest absolute Gasteiger partial charge is 0.295 e. The number of Topliss-reactive ketones (excluding diaryl/α,β-unsaturated/α-hetero) is 1. The van der Waals surface area contributed by atoms with Crippen LogP contribution in [0.25, 0.3) is 5.76 Å². The molecule has 0 bridgehead atoms. The molecule has 1 amide bonds. The van der Waals surface area contributed by atoms with Crippen molar-refractivity contribution in [3.8, 4) is 5.75 Å². The summed E-state index contributed by atoms with van der Waals surface area (Å²) in [6.07, 6.45) is 0. The Kier molecular flexibility index (Phi) is 5.24. The van der Waals surface area contributed by atoms with Crippen LogP contribution in [0.15, 0.2) is 54.1 Å². The molecule has 1 saturated heterocycles. The van der Waals surface area contributed by atoms with Crippen molar-refractivity contribution in [2.24, 2.45) is 5.92 Å². The van der Waals surface area contributed by atoms with Crippen LogP contribution in [0.2, 0.25) is 5.02 Å². The molecule has 2 N–H and O–H groups in total. The van der Waals surface area contributed by atoms with Crippen LogP contribution >= 0.6 is 11.6 Å². The number of carbonyl (C=O) groups is 2. The number of ketones is 1. The Hall–Kier alpha value is -2.79. The van der Waals surface area contributed by atoms with Crippen molar-refractivity contribution >= 4 is 29.1 Å². The number of amides is 1. The summed E-state index contributed by atoms with van der Waals surface area (Å²) in [5.74, 6) is -1.51. The number of halogens is 1. The number of aromatic hydroxyl groups is 1. The summed E-state index contributed by atoms with van der Waals surface area (Å²) in [6.45, 7) is 4.23. The number of aliphatic hydroxyl groups is 1. The zero-order valence-electron chi connectivity index (χ0n) is 15.0. The Morgan fingerprint density at radius 1 is 1.15 bits per heavy atom. The van der Waals surface area contributed by atoms with E-state index in [1.807, 2.05) is 13.8 Å². The average Bonchev–Trinajstić information content (AvgIpc) is 2.86. The Morgan fingerprint density at radius 3 is 2.41 bits per heavy atom. The number of hydrogen-bond donors (Lipinski definition) is 2. The molecule has 6 heteroatoms. The molecule has 0 radical (unpaired) electrons. The quantitative estimate of drug-likeness (QED) is 0.471. The van der Waals surface area contributed by atoms with Crippen molar-refractivity contribution in [3.05, 3.63) is 70.3 Å². The van der Waals surface area contributed by atoms with Gasteiger partial charge in [-0.3, -0.25) is 9.59 Å². The maximum Gasteiger partial charge on any atom is 0.295 e. The summed E-state index contributed by atoms with van der Waals surface area (Å²) in [5.41, 5.74) is 0.964. The Balaban J connectivity index is 2.19. The molecule has 0 aliphatic carbocycles. The molecular weight excluding hydrogens is 366 g/mol. The third-order valence-corrected chi connectivity index (χ3v) is 4.66. The summed E-state index contributed by atoms with van der Waals surface area (Å²) in [7, 11) is 0. The lowest BCUT2D eigenvalue weighted by atomic mass is 9.95. The number of nitrogens with zero attached hydrogens (tertiary/aromatic N) is 1. The second-order valence-electron chi connectivity index (χ2n) is 6.95. The average molecular weight is 386 g/mol. The topological polar surface area (TPSA) is 77.8 Å². The van der Waals surface area contributed by atoms with Crippen molar-refractivity contribution in [1.29, 1.82) is 0 Å². The number of phenolic OH excluding ortho intramolecular Hbond substituents is 1. The molecule has 3 rings (SSSR count). The van der Waals surface area contributed by atoms with Crippen LogP contribution in [0, 0.1) is 5.92 Å². The minimum absolute atomic E-state index is 0.00794. The van der Waals surface area contributed by atoms with Gasteiger partial charge in [0.25, 0.3) is 11.7 Å². The Bertz CT molecular complexity index is 918. The van der Waals surface area contributed by atoms with Gasteiger partial charge in [0.2, 0.25) is 0 Å². The van der Waals surface area contributed by atoms with Crippen LogP contribution in [-0.4, -0.2) is 33.3 Å². The number of likely N-dealkylation sites (tertiary alicyclic amines) is 1. The molecule has 5 nitrogen and oxygen atoms in total. The van der Waals surface area contributed by atoms with Crippen LogP contribution in [0.1, 0.15) is 31.0 Å². The van der Waals surface area contributed by atoms with Crippen LogP contribution in [0.5, 0.6) is 5.75 Å². The maximum atomic E-state index is 12.7. The molecule has 0 spiro atoms. The van der Waals surface area contributed by atoms with E-state index in [1.54, 1.807) is 36.4 Å². The normalized spacial score (nSPS) is 19.1. The highest BCUT2D eigenvalue weighted by Crippen LogP contribution is 2.40. The van der Waals surface area contributed by atoms with E-state index in [9.17, 15) is 19.8 Å². The highest BCUT2D eigenvalue weighted by atomic mass is 35.5. The Morgan fingerprint density at radius 2 is 1.81 bits per heavy atom. The number of carbonyl (C=O) groups excluding carboxylic acids is 2. The predicted octanol–water partition coefficient (Wildman–Crippen LogP) is 4.12. The van der Waals surface area contributed by atoms with Crippen molar-refractivity contribution in [1.82, 2.24) is 4.90 Å². The van der Waals surface area contributed by atoms with Gasteiger partial charge in [-0.2, -0.15) is 0 Å². The number of benzene rings is 2. The molecule has 140 valence electrons. The van der Waals surface area contributed by atoms with Crippen molar-refractivity contribution in [3.63, 3.8) is 0 Å². The van der Waals surface area contributed by atoms with Gasteiger partial charge in [-0.1, -0.05) is 37.6 Å². The maximum absolute atomic E-state index is 12.7. The summed E-state index contributed by atoms with van der Waals surface area (Å²) < 4.78 is 0. The van der Waals surface area contributed by atoms with Gasteiger partial charge in [0.05, 0.1) is 11.6 Å². The highest BCUT2D eigenvalue weighted by molar-refractivity contribution is 6.46. The van der Waals surface area contributed by atoms with Crippen LogP contribution in [0.4, 0.5) is 0 Å². The van der Waals surface area contributed by atoms with Gasteiger partial charge in [0.1, 0.15) is 11.5 Å². The molecule has 0 aromatic heterocycles. The zero-order chi connectivity index (χ0) is 19.7. The van der Waals surface area contributed by atoms with Gasteiger partial charge in [0.15, 0.2) is 0 Å². The molecule has 1 fully saturated rings. The molecule has 27 heavy (non-hydrogen) atoms. The molecular formula is C21H20ClNO4. The fraction of sp³-hybridized carbons (Fsp3) is 0.238. The van der Waals surface area contributed by atoms with Gasteiger partial charge < -0.3 is 15.1 Å². The summed E-state index contributed by atoms with van der Waals surface area (Å²) >= 11 is 5.90. The first-order chi connectivity index (χ1) is 12.8. The van der Waals surface area contributed by atoms with Gasteiger partial charge in [-0.15, -0.1) is 0 Å². The number of phenols is 1. The van der Waals surface area contributed by atoms with E-state index in [0.717, 1.165) is 0 Å². The van der Waals surface area contributed by atoms with Crippen molar-refractivity contribution in [2.45, 2.75) is 19.9 Å². The lowest BCUT2D eigenvalue weighted by Crippen LogP contribution is -2.33. The molecule has 0 saturated carbocycles. The van der Waals surface area contributed by atoms with Gasteiger partial charge >= 0.3 is 0 Å². The SMILES string of the molecule is CC(C)CN1C(=O)C(=O)/C(=C(\O)c2ccc(Cl)cc2)C1c1cccc(O)c1. The molecule has 2 aromatic rings. The number of rotatable bonds is 4. The van der Waals surface area contributed by atoms with E-state index < -0.39 is 17.7 Å². The fourth-order valence-corrected chi connectivity index (χ4v) is 3.39. The van der Waals surface area contributed by atoms with E-state index in [1.165, 1.54) is 17.0 Å². The zero-order valence-corrected chi connectivity index (χ0v) is 15.8. The fourth-order valence-electron chi connectivity index (χ4n) is 3.27. The van der Waals surface area contributed by atoms with Gasteiger partial charge in [-0.25, -0.2) is 0 Å². The first-order valence-electron chi connectivity index (χ1n) is 8.63. The van der Waals surface area contributed by atoms with Gasteiger partial charge in [-0.05, 0) is 47.9 Å². The number of hydrogen-bond acceptors (Lipinski definition) is 4. The molecule has 1 aliphatic heterocycles. The molecule has 1 unspecified atom stereocenters. The minimum atomic E-state index is -0.768. The van der Waals surface area contributed by atoms with Crippen LogP contribution in [0.3, 0.4) is 0 Å². The van der Waals surface area contributed by atoms with Crippen molar-refractivity contribution < 1.29 is 19.8 Å². The lowest BCUT2D eigenvalue weighted by Gasteiger charge is -2.27. The monoisotopic (exact) mass is 385 g/mol. The molecule has 1 atom stereocenters. The first-order valence-corrected chi connectivity index (χ1v) is 9.00. The minimum Gasteiger partial charge on any atom is -0.508 e. The first kappa shape index (κ1) is 19.0. The van der Waals surface area contributed by atoms with Crippen molar-refractivity contribution in [2.75, 3.05) is 6.54 Å².